The summed E-state index contributed by atoms with van der Waals surface area (Å²) in [6, 6.07) is -0.728. The number of ether oxygens (including phenoxy) is 3. The van der Waals surface area contributed by atoms with Crippen LogP contribution in [0.15, 0.2) is 48.6 Å². The van der Waals surface area contributed by atoms with Crippen molar-refractivity contribution in [2.75, 3.05) is 41.0 Å². The zero-order valence-corrected chi connectivity index (χ0v) is 24.8. The second kappa shape index (κ2) is 23.2. The monoisotopic (exact) mass is 549 g/mol. The Bertz CT molecular complexity index is 793. The lowest BCUT2D eigenvalue weighted by Crippen LogP contribution is -2.55. The largest absolute Gasteiger partial charge is 0.544 e. The predicted octanol–water partition coefficient (Wildman–Crippen LogP) is 4.45. The molecule has 0 aromatic carbocycles. The number of carbonyl (C=O) groups excluding carboxylic acids is 3. The molecule has 8 nitrogen and oxygen atoms in total. The molecule has 222 valence electrons. The molecule has 0 radical (unpaired) electrons. The highest BCUT2D eigenvalue weighted by atomic mass is 16.6. The second-order valence-electron chi connectivity index (χ2n) is 10.2. The Morgan fingerprint density at radius 2 is 1.38 bits per heavy atom. The first-order valence-corrected chi connectivity index (χ1v) is 14.2. The molecule has 0 aliphatic rings. The van der Waals surface area contributed by atoms with Crippen LogP contribution in [0.2, 0.25) is 0 Å². The highest BCUT2D eigenvalue weighted by molar-refractivity contribution is 5.70. The van der Waals surface area contributed by atoms with Crippen molar-refractivity contribution in [3.8, 4) is 0 Å². The number of carbonyl (C=O) groups is 3. The molecule has 0 aliphatic carbocycles. The molecule has 0 saturated heterocycles. The molecule has 0 bridgehead atoms. The number of rotatable bonds is 23. The van der Waals surface area contributed by atoms with Crippen LogP contribution in [0.3, 0.4) is 0 Å². The van der Waals surface area contributed by atoms with Gasteiger partial charge < -0.3 is 28.6 Å². The molecule has 0 aromatic rings. The molecule has 0 N–H and O–H groups in total. The van der Waals surface area contributed by atoms with Gasteiger partial charge in [0.05, 0.1) is 40.3 Å². The molecule has 0 aliphatic heterocycles. The summed E-state index contributed by atoms with van der Waals surface area (Å²) < 4.78 is 16.4. The van der Waals surface area contributed by atoms with Gasteiger partial charge in [0.25, 0.3) is 0 Å². The Kier molecular flexibility index (Phi) is 21.6. The average Bonchev–Trinajstić information content (AvgIpc) is 2.87. The number of carboxylic acids is 1. The molecule has 8 heteroatoms. The number of unbranched alkanes of at least 4 members (excludes halogenated alkanes) is 2. The van der Waals surface area contributed by atoms with Gasteiger partial charge in [0.1, 0.15) is 12.6 Å². The van der Waals surface area contributed by atoms with Crippen LogP contribution in [-0.4, -0.2) is 75.5 Å². The van der Waals surface area contributed by atoms with Gasteiger partial charge in [0.15, 0.2) is 6.10 Å². The number of hydrogen-bond donors (Lipinski definition) is 0. The van der Waals surface area contributed by atoms with Crippen LogP contribution >= 0.6 is 0 Å². The van der Waals surface area contributed by atoms with Crippen molar-refractivity contribution in [1.82, 2.24) is 0 Å². The maximum Gasteiger partial charge on any atom is 0.306 e. The molecule has 0 heterocycles. The van der Waals surface area contributed by atoms with E-state index in [0.717, 1.165) is 38.5 Å². The Hall–Kier alpha value is -2.71. The first-order valence-electron chi connectivity index (χ1n) is 14.2. The van der Waals surface area contributed by atoms with E-state index in [1.54, 1.807) is 28.1 Å². The minimum absolute atomic E-state index is 0.0155. The van der Waals surface area contributed by atoms with E-state index in [0.29, 0.717) is 6.42 Å². The third kappa shape index (κ3) is 21.9. The number of quaternary nitrogens is 1. The zero-order chi connectivity index (χ0) is 29.4. The summed E-state index contributed by atoms with van der Waals surface area (Å²) in [6.07, 6.45) is 23.6. The van der Waals surface area contributed by atoms with Gasteiger partial charge >= 0.3 is 11.9 Å². The molecule has 0 saturated carbocycles. The Morgan fingerprint density at radius 1 is 0.795 bits per heavy atom. The number of hydrogen-bond acceptors (Lipinski definition) is 7. The SMILES string of the molecule is CC/C=C\C/C=C\C/C=C\C/C=C\CCCCC(=O)OC(COCCC(C(=O)[O-])[N+](C)(C)C)COC(=O)CC. The van der Waals surface area contributed by atoms with E-state index in [9.17, 15) is 19.5 Å². The topological polar surface area (TPSA) is 102 Å². The average molecular weight is 550 g/mol. The lowest BCUT2D eigenvalue weighted by Gasteiger charge is -2.34. The lowest BCUT2D eigenvalue weighted by atomic mass is 10.1. The smallest absolute Gasteiger partial charge is 0.306 e. The van der Waals surface area contributed by atoms with Crippen LogP contribution in [0, 0.1) is 0 Å². The second-order valence-corrected chi connectivity index (χ2v) is 10.2. The third-order valence-electron chi connectivity index (χ3n) is 5.78. The first-order chi connectivity index (χ1) is 18.6. The van der Waals surface area contributed by atoms with Crippen molar-refractivity contribution in [2.45, 2.75) is 90.2 Å². The molecule has 0 aromatic heterocycles. The van der Waals surface area contributed by atoms with Gasteiger partial charge in [-0.25, -0.2) is 0 Å². The summed E-state index contributed by atoms with van der Waals surface area (Å²) in [5.74, 6) is -1.91. The fraction of sp³-hybridized carbons (Fsp3) is 0.645. The van der Waals surface area contributed by atoms with Gasteiger partial charge in [-0.1, -0.05) is 62.5 Å². The Morgan fingerprint density at radius 3 is 1.92 bits per heavy atom. The predicted molar refractivity (Wildman–Crippen MR) is 153 cm³/mol. The molecule has 2 unspecified atom stereocenters. The highest BCUT2D eigenvalue weighted by Crippen LogP contribution is 2.09. The summed E-state index contributed by atoms with van der Waals surface area (Å²) in [6.45, 7) is 3.88. The summed E-state index contributed by atoms with van der Waals surface area (Å²) in [5, 5.41) is 11.4. The molecule has 0 spiro atoms. The van der Waals surface area contributed by atoms with E-state index in [2.05, 4.69) is 55.5 Å². The van der Waals surface area contributed by atoms with Crippen LogP contribution < -0.4 is 5.11 Å². The zero-order valence-electron chi connectivity index (χ0n) is 24.8. The standard InChI is InChI=1S/C31H51NO7/c1-6-8-9-10-11-12-13-14-15-16-17-18-19-20-21-22-30(34)39-27(26-38-29(33)7-2)25-37-24-23-28(31(35)36)32(3,4)5/h8-9,11-12,14-15,17-18,27-28H,6-7,10,13,16,19-26H2,1-5H3/b9-8-,12-11-,15-14-,18-17-. The van der Waals surface area contributed by atoms with Crippen molar-refractivity contribution in [1.29, 1.82) is 0 Å². The van der Waals surface area contributed by atoms with Gasteiger partial charge in [0.2, 0.25) is 0 Å². The highest BCUT2D eigenvalue weighted by Gasteiger charge is 2.25. The maximum absolute atomic E-state index is 12.3. The van der Waals surface area contributed by atoms with Crippen LogP contribution in [0.25, 0.3) is 0 Å². The number of allylic oxidation sites excluding steroid dienone is 8. The fourth-order valence-electron chi connectivity index (χ4n) is 3.51. The summed E-state index contributed by atoms with van der Waals surface area (Å²) >= 11 is 0. The van der Waals surface area contributed by atoms with Crippen LogP contribution in [0.4, 0.5) is 0 Å². The van der Waals surface area contributed by atoms with E-state index in [1.807, 2.05) is 0 Å². The number of aliphatic carboxylic acids is 1. The molecular weight excluding hydrogens is 498 g/mol. The van der Waals surface area contributed by atoms with E-state index in [1.165, 1.54) is 0 Å². The van der Waals surface area contributed by atoms with Gasteiger partial charge in [-0.3, -0.25) is 9.59 Å². The Labute approximate surface area is 236 Å². The van der Waals surface area contributed by atoms with Gasteiger partial charge in [-0.2, -0.15) is 0 Å². The molecule has 39 heavy (non-hydrogen) atoms. The molecular formula is C31H51NO7. The van der Waals surface area contributed by atoms with Crippen molar-refractivity contribution in [3.05, 3.63) is 48.6 Å². The van der Waals surface area contributed by atoms with E-state index >= 15 is 0 Å². The molecule has 0 fully saturated rings. The number of carboxylic acid groups (broad SMARTS) is 1. The molecule has 2 atom stereocenters. The lowest BCUT2D eigenvalue weighted by molar-refractivity contribution is -0.889. The van der Waals surface area contributed by atoms with Crippen LogP contribution in [0.1, 0.15) is 78.1 Å². The van der Waals surface area contributed by atoms with Crippen LogP contribution in [-0.2, 0) is 28.6 Å². The molecule has 0 rings (SSSR count). The van der Waals surface area contributed by atoms with E-state index in [-0.39, 0.29) is 49.5 Å². The number of likely N-dealkylation sites (N-methyl/N-ethyl adjacent to an activating group) is 1. The summed E-state index contributed by atoms with van der Waals surface area (Å²) in [4.78, 5) is 35.3. The summed E-state index contributed by atoms with van der Waals surface area (Å²) in [5.41, 5.74) is 0. The van der Waals surface area contributed by atoms with Gasteiger partial charge in [-0.15, -0.1) is 0 Å². The Balaban J connectivity index is 4.29. The quantitative estimate of drug-likeness (QED) is 0.0803. The van der Waals surface area contributed by atoms with E-state index < -0.39 is 24.1 Å². The summed E-state index contributed by atoms with van der Waals surface area (Å²) in [7, 11) is 5.32. The number of nitrogens with zero attached hydrogens (tertiary/aromatic N) is 1. The minimum Gasteiger partial charge on any atom is -0.544 e. The number of esters is 2. The van der Waals surface area contributed by atoms with Crippen molar-refractivity contribution >= 4 is 17.9 Å². The molecule has 0 amide bonds. The van der Waals surface area contributed by atoms with Gasteiger partial charge in [-0.05, 0) is 44.9 Å². The maximum atomic E-state index is 12.3. The van der Waals surface area contributed by atoms with Crippen molar-refractivity contribution < 1.29 is 38.2 Å². The minimum atomic E-state index is -1.14. The normalized spacial score (nSPS) is 14.0. The first kappa shape index (κ1) is 36.3. The van der Waals surface area contributed by atoms with E-state index in [4.69, 9.17) is 14.2 Å². The third-order valence-corrected chi connectivity index (χ3v) is 5.78. The van der Waals surface area contributed by atoms with Gasteiger partial charge in [0, 0.05) is 19.3 Å². The van der Waals surface area contributed by atoms with Crippen LogP contribution in [0.5, 0.6) is 0 Å². The fourth-order valence-corrected chi connectivity index (χ4v) is 3.51. The van der Waals surface area contributed by atoms with Crippen molar-refractivity contribution in [2.24, 2.45) is 0 Å². The van der Waals surface area contributed by atoms with Crippen molar-refractivity contribution in [3.63, 3.8) is 0 Å².